The summed E-state index contributed by atoms with van der Waals surface area (Å²) in [4.78, 5) is 25.2. The molecular formula is C17H23NO4. The summed E-state index contributed by atoms with van der Waals surface area (Å²) in [6, 6.07) is 7.71. The van der Waals surface area contributed by atoms with Gasteiger partial charge in [-0.2, -0.15) is 0 Å². The number of nitrogens with zero attached hydrogens (tertiary/aromatic N) is 1. The third-order valence-electron chi connectivity index (χ3n) is 4.22. The highest BCUT2D eigenvalue weighted by molar-refractivity contribution is 5.80. The van der Waals surface area contributed by atoms with Gasteiger partial charge in [0.25, 0.3) is 0 Å². The molecule has 1 fully saturated rings. The minimum absolute atomic E-state index is 0.0104. The van der Waals surface area contributed by atoms with E-state index < -0.39 is 11.4 Å². The Morgan fingerprint density at radius 2 is 2.09 bits per heavy atom. The van der Waals surface area contributed by atoms with Crippen LogP contribution in [0.3, 0.4) is 0 Å². The van der Waals surface area contributed by atoms with Crippen LogP contribution in [0.5, 0.6) is 5.75 Å². The Balaban J connectivity index is 1.93. The third-order valence-corrected chi connectivity index (χ3v) is 4.22. The second-order valence-electron chi connectivity index (χ2n) is 5.97. The fourth-order valence-corrected chi connectivity index (χ4v) is 2.75. The lowest BCUT2D eigenvalue weighted by Gasteiger charge is -2.20. The summed E-state index contributed by atoms with van der Waals surface area (Å²) in [6.45, 7) is 5.04. The molecule has 1 saturated heterocycles. The first-order chi connectivity index (χ1) is 10.5. The summed E-state index contributed by atoms with van der Waals surface area (Å²) in [7, 11) is 0. The Labute approximate surface area is 130 Å². The first-order valence-corrected chi connectivity index (χ1v) is 7.68. The zero-order valence-corrected chi connectivity index (χ0v) is 13.2. The zero-order chi connectivity index (χ0) is 16.2. The minimum atomic E-state index is -0.829. The lowest BCUT2D eigenvalue weighted by molar-refractivity contribution is -0.147. The van der Waals surface area contributed by atoms with E-state index >= 15 is 0 Å². The molecule has 1 amide bonds. The predicted octanol–water partition coefficient (Wildman–Crippen LogP) is 2.34. The summed E-state index contributed by atoms with van der Waals surface area (Å²) in [6.07, 6.45) is 1.50. The molecule has 5 nitrogen and oxygen atoms in total. The number of ether oxygens (including phenoxy) is 1. The molecule has 0 bridgehead atoms. The van der Waals surface area contributed by atoms with Gasteiger partial charge in [-0.3, -0.25) is 9.59 Å². The molecule has 0 saturated carbocycles. The van der Waals surface area contributed by atoms with Crippen molar-refractivity contribution in [2.45, 2.75) is 33.1 Å². The lowest BCUT2D eigenvalue weighted by Crippen LogP contribution is -2.34. The molecule has 1 aromatic rings. The number of carbonyl (C=O) groups is 2. The van der Waals surface area contributed by atoms with E-state index in [9.17, 15) is 14.7 Å². The Kier molecular flexibility index (Phi) is 5.06. The van der Waals surface area contributed by atoms with Crippen molar-refractivity contribution in [3.05, 3.63) is 29.8 Å². The number of amides is 1. The number of hydrogen-bond acceptors (Lipinski definition) is 3. The van der Waals surface area contributed by atoms with Crippen molar-refractivity contribution in [3.8, 4) is 5.75 Å². The average molecular weight is 305 g/mol. The largest absolute Gasteiger partial charge is 0.494 e. The number of rotatable bonds is 6. The molecular weight excluding hydrogens is 282 g/mol. The third kappa shape index (κ3) is 3.59. The average Bonchev–Trinajstić information content (AvgIpc) is 2.90. The van der Waals surface area contributed by atoms with E-state index in [0.717, 1.165) is 11.3 Å². The smallest absolute Gasteiger partial charge is 0.311 e. The quantitative estimate of drug-likeness (QED) is 0.876. The summed E-state index contributed by atoms with van der Waals surface area (Å²) in [5.41, 5.74) is 0.205. The minimum Gasteiger partial charge on any atom is -0.494 e. The van der Waals surface area contributed by atoms with Crippen LogP contribution < -0.4 is 4.74 Å². The van der Waals surface area contributed by atoms with Crippen LogP contribution in [0.2, 0.25) is 0 Å². The Morgan fingerprint density at radius 1 is 1.36 bits per heavy atom. The number of carboxylic acid groups (broad SMARTS) is 1. The molecule has 0 unspecified atom stereocenters. The van der Waals surface area contributed by atoms with Crippen LogP contribution in [0.1, 0.15) is 32.3 Å². The maximum absolute atomic E-state index is 12.3. The van der Waals surface area contributed by atoms with E-state index in [1.165, 1.54) is 0 Å². The molecule has 1 aromatic carbocycles. The zero-order valence-electron chi connectivity index (χ0n) is 13.2. The first-order valence-electron chi connectivity index (χ1n) is 7.68. The number of carbonyl (C=O) groups excluding carboxylic acids is 1. The van der Waals surface area contributed by atoms with Crippen molar-refractivity contribution >= 4 is 11.9 Å². The second kappa shape index (κ2) is 6.81. The van der Waals surface area contributed by atoms with Gasteiger partial charge in [-0.05, 0) is 38.3 Å². The SMILES string of the molecule is CCOc1ccccc1CCC(=O)N1CC[C@@](C)(C(=O)O)C1. The van der Waals surface area contributed by atoms with Crippen molar-refractivity contribution in [2.75, 3.05) is 19.7 Å². The maximum atomic E-state index is 12.3. The molecule has 1 aliphatic rings. The van der Waals surface area contributed by atoms with E-state index in [-0.39, 0.29) is 5.91 Å². The highest BCUT2D eigenvalue weighted by Gasteiger charge is 2.41. The molecule has 0 aromatic heterocycles. The highest BCUT2D eigenvalue weighted by Crippen LogP contribution is 2.30. The number of aliphatic carboxylic acids is 1. The van der Waals surface area contributed by atoms with Crippen molar-refractivity contribution in [1.82, 2.24) is 4.90 Å². The maximum Gasteiger partial charge on any atom is 0.311 e. The van der Waals surface area contributed by atoms with E-state index in [1.807, 2.05) is 31.2 Å². The summed E-state index contributed by atoms with van der Waals surface area (Å²) in [5, 5.41) is 9.22. The van der Waals surface area contributed by atoms with Crippen molar-refractivity contribution in [3.63, 3.8) is 0 Å². The highest BCUT2D eigenvalue weighted by atomic mass is 16.5. The molecule has 2 rings (SSSR count). The molecule has 1 aliphatic heterocycles. The molecule has 1 atom stereocenters. The normalized spacial score (nSPS) is 20.9. The van der Waals surface area contributed by atoms with Crippen molar-refractivity contribution in [2.24, 2.45) is 5.41 Å². The molecule has 0 aliphatic carbocycles. The van der Waals surface area contributed by atoms with Gasteiger partial charge < -0.3 is 14.7 Å². The van der Waals surface area contributed by atoms with Gasteiger partial charge in [0, 0.05) is 19.5 Å². The van der Waals surface area contributed by atoms with Crippen LogP contribution in [0.15, 0.2) is 24.3 Å². The fraction of sp³-hybridized carbons (Fsp3) is 0.529. The van der Waals surface area contributed by atoms with Crippen LogP contribution in [0.4, 0.5) is 0 Å². The van der Waals surface area contributed by atoms with Crippen molar-refractivity contribution < 1.29 is 19.4 Å². The molecule has 1 heterocycles. The van der Waals surface area contributed by atoms with Crippen LogP contribution in [0.25, 0.3) is 0 Å². The van der Waals surface area contributed by atoms with Gasteiger partial charge in [-0.25, -0.2) is 0 Å². The topological polar surface area (TPSA) is 66.8 Å². The molecule has 0 spiro atoms. The van der Waals surface area contributed by atoms with Crippen LogP contribution >= 0.6 is 0 Å². The van der Waals surface area contributed by atoms with Gasteiger partial charge in [0.15, 0.2) is 0 Å². The van der Waals surface area contributed by atoms with Crippen LogP contribution in [0, 0.1) is 5.41 Å². The standard InChI is InChI=1S/C17H23NO4/c1-3-22-14-7-5-4-6-13(14)8-9-15(19)18-11-10-17(2,12-18)16(20)21/h4-7H,3,8-12H2,1-2H3,(H,20,21)/t17-/m1/s1. The number of benzene rings is 1. The van der Waals surface area contributed by atoms with Gasteiger partial charge >= 0.3 is 5.97 Å². The molecule has 1 N–H and O–H groups in total. The summed E-state index contributed by atoms with van der Waals surface area (Å²) >= 11 is 0. The Bertz CT molecular complexity index is 557. The van der Waals surface area contributed by atoms with Gasteiger partial charge in [-0.1, -0.05) is 18.2 Å². The van der Waals surface area contributed by atoms with Gasteiger partial charge in [0.2, 0.25) is 5.91 Å². The summed E-state index contributed by atoms with van der Waals surface area (Å²) < 4.78 is 5.56. The number of aryl methyl sites for hydroxylation is 1. The molecule has 120 valence electrons. The Morgan fingerprint density at radius 3 is 2.73 bits per heavy atom. The number of carboxylic acids is 1. The van der Waals surface area contributed by atoms with E-state index in [0.29, 0.717) is 39.0 Å². The number of likely N-dealkylation sites (tertiary alicyclic amines) is 1. The van der Waals surface area contributed by atoms with Gasteiger partial charge in [-0.15, -0.1) is 0 Å². The second-order valence-corrected chi connectivity index (χ2v) is 5.97. The molecule has 22 heavy (non-hydrogen) atoms. The Hall–Kier alpha value is -2.04. The van der Waals surface area contributed by atoms with Crippen LogP contribution in [-0.2, 0) is 16.0 Å². The van der Waals surface area contributed by atoms with Gasteiger partial charge in [0.1, 0.15) is 5.75 Å². The number of para-hydroxylation sites is 1. The number of hydrogen-bond donors (Lipinski definition) is 1. The summed E-state index contributed by atoms with van der Waals surface area (Å²) in [5.74, 6) is -0.00429. The fourth-order valence-electron chi connectivity index (χ4n) is 2.75. The first kappa shape index (κ1) is 16.3. The van der Waals surface area contributed by atoms with E-state index in [2.05, 4.69) is 0 Å². The van der Waals surface area contributed by atoms with E-state index in [4.69, 9.17) is 4.74 Å². The predicted molar refractivity (Wildman–Crippen MR) is 82.9 cm³/mol. The molecule has 5 heteroatoms. The van der Waals surface area contributed by atoms with Gasteiger partial charge in [0.05, 0.1) is 12.0 Å². The van der Waals surface area contributed by atoms with Crippen LogP contribution in [-0.4, -0.2) is 41.6 Å². The monoisotopic (exact) mass is 305 g/mol. The molecule has 0 radical (unpaired) electrons. The van der Waals surface area contributed by atoms with E-state index in [1.54, 1.807) is 11.8 Å². The van der Waals surface area contributed by atoms with Crippen molar-refractivity contribution in [1.29, 1.82) is 0 Å². The lowest BCUT2D eigenvalue weighted by atomic mass is 9.90.